The molecule has 2 aromatic carbocycles. The molecule has 0 spiro atoms. The minimum atomic E-state index is -0.830. The SMILES string of the molecule is Cc1ccc(C(Br)Cc2ccc(F)c(F)c2)c(Cl)c1. The molecule has 2 rings (SSSR count). The second-order valence-corrected chi connectivity index (χ2v) is 5.96. The van der Waals surface area contributed by atoms with Crippen LogP contribution in [0.1, 0.15) is 21.5 Å². The summed E-state index contributed by atoms with van der Waals surface area (Å²) >= 11 is 9.72. The Kier molecular flexibility index (Phi) is 4.58. The van der Waals surface area contributed by atoms with Crippen LogP contribution in [0.3, 0.4) is 0 Å². The molecule has 0 bridgehead atoms. The molecule has 19 heavy (non-hydrogen) atoms. The van der Waals surface area contributed by atoms with Gasteiger partial charge in [-0.3, -0.25) is 0 Å². The van der Waals surface area contributed by atoms with Gasteiger partial charge in [0.15, 0.2) is 11.6 Å². The fourth-order valence-corrected chi connectivity index (χ4v) is 3.14. The molecule has 0 aliphatic heterocycles. The first-order chi connectivity index (χ1) is 8.97. The Balaban J connectivity index is 2.20. The predicted octanol–water partition coefficient (Wildman–Crippen LogP) is 5.61. The van der Waals surface area contributed by atoms with Crippen LogP contribution in [0.25, 0.3) is 0 Å². The van der Waals surface area contributed by atoms with E-state index in [2.05, 4.69) is 15.9 Å². The Morgan fingerprint density at radius 3 is 2.47 bits per heavy atom. The molecule has 4 heteroatoms. The zero-order valence-electron chi connectivity index (χ0n) is 10.3. The van der Waals surface area contributed by atoms with Crippen LogP contribution in [0, 0.1) is 18.6 Å². The van der Waals surface area contributed by atoms with Crippen molar-refractivity contribution < 1.29 is 8.78 Å². The highest BCUT2D eigenvalue weighted by atomic mass is 79.9. The highest BCUT2D eigenvalue weighted by Gasteiger charge is 2.13. The molecule has 2 aromatic rings. The lowest BCUT2D eigenvalue weighted by molar-refractivity contribution is 0.507. The molecule has 0 heterocycles. The number of halogens is 4. The molecular weight excluding hydrogens is 334 g/mol. The van der Waals surface area contributed by atoms with Crippen molar-refractivity contribution in [2.75, 3.05) is 0 Å². The molecule has 0 aliphatic rings. The van der Waals surface area contributed by atoms with Crippen molar-refractivity contribution in [1.82, 2.24) is 0 Å². The Bertz CT molecular complexity index is 599. The fourth-order valence-electron chi connectivity index (χ4n) is 1.87. The van der Waals surface area contributed by atoms with E-state index in [9.17, 15) is 8.78 Å². The number of alkyl halides is 1. The number of hydrogen-bond acceptors (Lipinski definition) is 0. The lowest BCUT2D eigenvalue weighted by Gasteiger charge is -2.13. The van der Waals surface area contributed by atoms with E-state index in [0.717, 1.165) is 22.8 Å². The van der Waals surface area contributed by atoms with Crippen molar-refractivity contribution in [3.05, 3.63) is 69.7 Å². The van der Waals surface area contributed by atoms with Crippen LogP contribution in [0.15, 0.2) is 36.4 Å². The maximum Gasteiger partial charge on any atom is 0.159 e. The van der Waals surface area contributed by atoms with Gasteiger partial charge in [0.2, 0.25) is 0 Å². The summed E-state index contributed by atoms with van der Waals surface area (Å²) in [5.74, 6) is -1.66. The average Bonchev–Trinajstić information content (AvgIpc) is 2.33. The molecular formula is C15H12BrClF2. The van der Waals surface area contributed by atoms with Gasteiger partial charge in [0.1, 0.15) is 0 Å². The summed E-state index contributed by atoms with van der Waals surface area (Å²) in [5.41, 5.74) is 2.75. The van der Waals surface area contributed by atoms with Gasteiger partial charge in [-0.05, 0) is 48.2 Å². The summed E-state index contributed by atoms with van der Waals surface area (Å²) in [6, 6.07) is 9.73. The van der Waals surface area contributed by atoms with Gasteiger partial charge < -0.3 is 0 Å². The van der Waals surface area contributed by atoms with Gasteiger partial charge in [0.25, 0.3) is 0 Å². The highest BCUT2D eigenvalue weighted by molar-refractivity contribution is 9.09. The van der Waals surface area contributed by atoms with Gasteiger partial charge in [0, 0.05) is 9.85 Å². The number of hydrogen-bond donors (Lipinski definition) is 0. The molecule has 0 nitrogen and oxygen atoms in total. The van der Waals surface area contributed by atoms with Crippen LogP contribution in [-0.4, -0.2) is 0 Å². The zero-order valence-corrected chi connectivity index (χ0v) is 12.6. The van der Waals surface area contributed by atoms with Gasteiger partial charge in [-0.15, -0.1) is 0 Å². The van der Waals surface area contributed by atoms with E-state index in [1.807, 2.05) is 25.1 Å². The first-order valence-electron chi connectivity index (χ1n) is 5.81. The second kappa shape index (κ2) is 6.02. The van der Waals surface area contributed by atoms with Crippen molar-refractivity contribution in [2.45, 2.75) is 18.2 Å². The van der Waals surface area contributed by atoms with E-state index in [1.54, 1.807) is 6.07 Å². The largest absolute Gasteiger partial charge is 0.204 e. The third-order valence-corrected chi connectivity index (χ3v) is 4.04. The third-order valence-electron chi connectivity index (χ3n) is 2.89. The standard InChI is InChI=1S/C15H12BrClF2/c1-9-2-4-11(13(17)6-9)12(16)7-10-3-5-14(18)15(19)8-10/h2-6,8,12H,7H2,1H3. The Morgan fingerprint density at radius 2 is 1.84 bits per heavy atom. The van der Waals surface area contributed by atoms with E-state index >= 15 is 0 Å². The molecule has 1 atom stereocenters. The van der Waals surface area contributed by atoms with Crippen molar-refractivity contribution in [3.8, 4) is 0 Å². The van der Waals surface area contributed by atoms with Crippen molar-refractivity contribution >= 4 is 27.5 Å². The Labute approximate surface area is 124 Å². The quantitative estimate of drug-likeness (QED) is 0.635. The number of aryl methyl sites for hydroxylation is 1. The summed E-state index contributed by atoms with van der Waals surface area (Å²) in [6.45, 7) is 1.97. The van der Waals surface area contributed by atoms with Gasteiger partial charge in [-0.2, -0.15) is 0 Å². The first kappa shape index (κ1) is 14.5. The van der Waals surface area contributed by atoms with Crippen LogP contribution < -0.4 is 0 Å². The molecule has 100 valence electrons. The van der Waals surface area contributed by atoms with E-state index in [4.69, 9.17) is 11.6 Å². The summed E-state index contributed by atoms with van der Waals surface area (Å²) < 4.78 is 26.0. The van der Waals surface area contributed by atoms with Crippen molar-refractivity contribution in [1.29, 1.82) is 0 Å². The minimum Gasteiger partial charge on any atom is -0.204 e. The van der Waals surface area contributed by atoms with Gasteiger partial charge in [-0.25, -0.2) is 8.78 Å². The average molecular weight is 346 g/mol. The molecule has 0 aliphatic carbocycles. The predicted molar refractivity (Wildman–Crippen MR) is 77.9 cm³/mol. The topological polar surface area (TPSA) is 0 Å². The molecule has 1 unspecified atom stereocenters. The van der Waals surface area contributed by atoms with Crippen LogP contribution in [0.2, 0.25) is 5.02 Å². The summed E-state index contributed by atoms with van der Waals surface area (Å²) in [4.78, 5) is -0.0366. The highest BCUT2D eigenvalue weighted by Crippen LogP contribution is 2.33. The maximum absolute atomic E-state index is 13.1. The number of benzene rings is 2. The fraction of sp³-hybridized carbons (Fsp3) is 0.200. The van der Waals surface area contributed by atoms with Gasteiger partial charge in [-0.1, -0.05) is 45.7 Å². The third kappa shape index (κ3) is 3.54. The lowest BCUT2D eigenvalue weighted by atomic mass is 10.0. The zero-order chi connectivity index (χ0) is 14.0. The lowest BCUT2D eigenvalue weighted by Crippen LogP contribution is -1.98. The van der Waals surface area contributed by atoms with E-state index < -0.39 is 11.6 Å². The van der Waals surface area contributed by atoms with Gasteiger partial charge in [0.05, 0.1) is 0 Å². The molecule has 0 radical (unpaired) electrons. The summed E-state index contributed by atoms with van der Waals surface area (Å²) in [6.07, 6.45) is 0.542. The van der Waals surface area contributed by atoms with Crippen LogP contribution >= 0.6 is 27.5 Å². The molecule has 0 fully saturated rings. The maximum atomic E-state index is 13.1. The summed E-state index contributed by atoms with van der Waals surface area (Å²) in [7, 11) is 0. The van der Waals surface area contributed by atoms with Crippen LogP contribution in [0.4, 0.5) is 8.78 Å². The molecule has 0 amide bonds. The van der Waals surface area contributed by atoms with E-state index in [1.165, 1.54) is 6.07 Å². The normalized spacial score (nSPS) is 12.5. The monoisotopic (exact) mass is 344 g/mol. The molecule has 0 saturated carbocycles. The van der Waals surface area contributed by atoms with Crippen LogP contribution in [0.5, 0.6) is 0 Å². The van der Waals surface area contributed by atoms with Gasteiger partial charge >= 0.3 is 0 Å². The van der Waals surface area contributed by atoms with E-state index in [-0.39, 0.29) is 4.83 Å². The summed E-state index contributed by atoms with van der Waals surface area (Å²) in [5, 5.41) is 0.671. The van der Waals surface area contributed by atoms with Crippen molar-refractivity contribution in [2.24, 2.45) is 0 Å². The second-order valence-electron chi connectivity index (χ2n) is 4.45. The van der Waals surface area contributed by atoms with Crippen LogP contribution in [-0.2, 0) is 6.42 Å². The number of rotatable bonds is 3. The van der Waals surface area contributed by atoms with Crippen molar-refractivity contribution in [3.63, 3.8) is 0 Å². The smallest absolute Gasteiger partial charge is 0.159 e. The molecule has 0 N–H and O–H groups in total. The first-order valence-corrected chi connectivity index (χ1v) is 7.11. The molecule has 0 saturated heterocycles. The Morgan fingerprint density at radius 1 is 1.11 bits per heavy atom. The molecule has 0 aromatic heterocycles. The minimum absolute atomic E-state index is 0.0366. The Hall–Kier alpha value is -0.930. The van der Waals surface area contributed by atoms with E-state index in [0.29, 0.717) is 11.4 Å².